The first kappa shape index (κ1) is 24.1. The summed E-state index contributed by atoms with van der Waals surface area (Å²) in [4.78, 5) is 28.8. The van der Waals surface area contributed by atoms with E-state index in [-0.39, 0.29) is 30.7 Å². The van der Waals surface area contributed by atoms with E-state index in [4.69, 9.17) is 4.74 Å². The van der Waals surface area contributed by atoms with Crippen molar-refractivity contribution in [2.24, 2.45) is 0 Å². The summed E-state index contributed by atoms with van der Waals surface area (Å²) in [6.07, 6.45) is -3.58. The van der Waals surface area contributed by atoms with Crippen LogP contribution in [0.25, 0.3) is 0 Å². The second-order valence-corrected chi connectivity index (χ2v) is 8.80. The third-order valence-corrected chi connectivity index (χ3v) is 6.20. The molecule has 0 bridgehead atoms. The van der Waals surface area contributed by atoms with Crippen molar-refractivity contribution >= 4 is 12.0 Å². The SMILES string of the molecule is CNC1CCN(C(=O)c2cc3n(n2)CCCN(C(=O)OCc2cc(C)cc(C(F)(F)F)c2)C3)C1. The minimum atomic E-state index is -4.47. The topological polar surface area (TPSA) is 79.7 Å². The predicted octanol–water partition coefficient (Wildman–Crippen LogP) is 3.19. The van der Waals surface area contributed by atoms with Crippen LogP contribution in [0.15, 0.2) is 24.3 Å². The standard InChI is InChI=1S/C23H28F3N5O3/c1-15-8-16(10-17(9-15)23(24,25)26)14-34-22(33)30-5-3-6-31-19(13-30)11-20(28-31)21(32)29-7-4-18(12-29)27-2/h8-11,18,27H,3-7,12-14H2,1-2H3. The smallest absolute Gasteiger partial charge is 0.416 e. The van der Waals surface area contributed by atoms with E-state index in [0.717, 1.165) is 24.2 Å². The first-order chi connectivity index (χ1) is 16.1. The number of amides is 2. The van der Waals surface area contributed by atoms with E-state index in [2.05, 4.69) is 10.4 Å². The van der Waals surface area contributed by atoms with E-state index >= 15 is 0 Å². The van der Waals surface area contributed by atoms with Gasteiger partial charge in [-0.15, -0.1) is 0 Å². The summed E-state index contributed by atoms with van der Waals surface area (Å²) in [6, 6.07) is 5.59. The average molecular weight is 480 g/mol. The van der Waals surface area contributed by atoms with Gasteiger partial charge < -0.3 is 19.9 Å². The number of halogens is 3. The zero-order valence-corrected chi connectivity index (χ0v) is 19.2. The van der Waals surface area contributed by atoms with Crippen molar-refractivity contribution in [3.8, 4) is 0 Å². The van der Waals surface area contributed by atoms with Gasteiger partial charge in [-0.2, -0.15) is 18.3 Å². The molecule has 184 valence electrons. The van der Waals surface area contributed by atoms with Crippen LogP contribution in [0.1, 0.15) is 45.7 Å². The number of aromatic nitrogens is 2. The maximum atomic E-state index is 13.1. The van der Waals surface area contributed by atoms with Crippen LogP contribution in [-0.2, 0) is 30.6 Å². The Kier molecular flexibility index (Phi) is 6.83. The van der Waals surface area contributed by atoms with Crippen molar-refractivity contribution in [2.75, 3.05) is 26.7 Å². The molecule has 34 heavy (non-hydrogen) atoms. The van der Waals surface area contributed by atoms with Crippen molar-refractivity contribution in [3.05, 3.63) is 52.3 Å². The number of alkyl halides is 3. The van der Waals surface area contributed by atoms with Gasteiger partial charge in [0.2, 0.25) is 0 Å². The van der Waals surface area contributed by atoms with Gasteiger partial charge in [-0.25, -0.2) is 4.79 Å². The first-order valence-electron chi connectivity index (χ1n) is 11.3. The van der Waals surface area contributed by atoms with Crippen molar-refractivity contribution < 1.29 is 27.5 Å². The van der Waals surface area contributed by atoms with Crippen LogP contribution in [-0.4, -0.2) is 64.3 Å². The number of likely N-dealkylation sites (N-methyl/N-ethyl adjacent to an activating group) is 1. The van der Waals surface area contributed by atoms with Crippen LogP contribution in [0.4, 0.5) is 18.0 Å². The van der Waals surface area contributed by atoms with E-state index in [1.165, 1.54) is 4.90 Å². The van der Waals surface area contributed by atoms with Crippen LogP contribution in [0.5, 0.6) is 0 Å². The molecule has 4 rings (SSSR count). The highest BCUT2D eigenvalue weighted by Crippen LogP contribution is 2.31. The molecule has 2 aliphatic rings. The Bertz CT molecular complexity index is 1070. The van der Waals surface area contributed by atoms with E-state index in [1.807, 2.05) is 7.05 Å². The molecule has 8 nitrogen and oxygen atoms in total. The molecule has 3 heterocycles. The number of fused-ring (bicyclic) bond motifs is 1. The Morgan fingerprint density at radius 1 is 1.15 bits per heavy atom. The molecule has 1 unspecified atom stereocenters. The quantitative estimate of drug-likeness (QED) is 0.729. The highest BCUT2D eigenvalue weighted by Gasteiger charge is 2.31. The fourth-order valence-corrected chi connectivity index (χ4v) is 4.41. The molecule has 2 aliphatic heterocycles. The molecule has 1 saturated heterocycles. The fourth-order valence-electron chi connectivity index (χ4n) is 4.41. The zero-order valence-electron chi connectivity index (χ0n) is 19.2. The molecular weight excluding hydrogens is 451 g/mol. The minimum Gasteiger partial charge on any atom is -0.445 e. The summed E-state index contributed by atoms with van der Waals surface area (Å²) in [5.41, 5.74) is 1.02. The van der Waals surface area contributed by atoms with Gasteiger partial charge in [0, 0.05) is 32.2 Å². The molecule has 1 atom stereocenters. The lowest BCUT2D eigenvalue weighted by molar-refractivity contribution is -0.137. The van der Waals surface area contributed by atoms with Crippen molar-refractivity contribution in [1.29, 1.82) is 0 Å². The zero-order chi connectivity index (χ0) is 24.5. The number of rotatable bonds is 4. The molecule has 1 fully saturated rings. The van der Waals surface area contributed by atoms with Crippen LogP contribution < -0.4 is 5.32 Å². The summed E-state index contributed by atoms with van der Waals surface area (Å²) in [6.45, 7) is 3.79. The second-order valence-electron chi connectivity index (χ2n) is 8.80. The summed E-state index contributed by atoms with van der Waals surface area (Å²) in [7, 11) is 1.87. The van der Waals surface area contributed by atoms with E-state index < -0.39 is 17.8 Å². The molecule has 0 aliphatic carbocycles. The largest absolute Gasteiger partial charge is 0.445 e. The highest BCUT2D eigenvalue weighted by molar-refractivity contribution is 5.92. The minimum absolute atomic E-state index is 0.132. The van der Waals surface area contributed by atoms with Gasteiger partial charge in [-0.05, 0) is 50.6 Å². The molecule has 0 spiro atoms. The number of hydrogen-bond acceptors (Lipinski definition) is 5. The van der Waals surface area contributed by atoms with Gasteiger partial charge >= 0.3 is 12.3 Å². The summed E-state index contributed by atoms with van der Waals surface area (Å²) >= 11 is 0. The number of hydrogen-bond donors (Lipinski definition) is 1. The Morgan fingerprint density at radius 3 is 2.65 bits per heavy atom. The van der Waals surface area contributed by atoms with Gasteiger partial charge in [0.1, 0.15) is 6.61 Å². The molecule has 0 radical (unpaired) electrons. The average Bonchev–Trinajstić information content (AvgIpc) is 3.38. The number of carbonyl (C=O) groups is 2. The Balaban J connectivity index is 1.40. The lowest BCUT2D eigenvalue weighted by Crippen LogP contribution is -2.33. The number of nitrogens with zero attached hydrogens (tertiary/aromatic N) is 4. The van der Waals surface area contributed by atoms with E-state index in [1.54, 1.807) is 28.6 Å². The maximum absolute atomic E-state index is 13.1. The third-order valence-electron chi connectivity index (χ3n) is 6.20. The van der Waals surface area contributed by atoms with Gasteiger partial charge in [0.05, 0.1) is 17.8 Å². The summed E-state index contributed by atoms with van der Waals surface area (Å²) in [5, 5.41) is 7.64. The normalized spacial score (nSPS) is 18.6. The maximum Gasteiger partial charge on any atom is 0.416 e. The number of likely N-dealkylation sites (tertiary alicyclic amines) is 1. The molecule has 1 N–H and O–H groups in total. The van der Waals surface area contributed by atoms with E-state index in [0.29, 0.717) is 43.9 Å². The number of aryl methyl sites for hydroxylation is 2. The van der Waals surface area contributed by atoms with Crippen molar-refractivity contribution in [3.63, 3.8) is 0 Å². The Labute approximate surface area is 195 Å². The first-order valence-corrected chi connectivity index (χ1v) is 11.3. The van der Waals surface area contributed by atoms with Crippen LogP contribution in [0, 0.1) is 6.92 Å². The molecule has 2 amide bonds. The van der Waals surface area contributed by atoms with Crippen LogP contribution in [0.3, 0.4) is 0 Å². The summed E-state index contributed by atoms with van der Waals surface area (Å²) in [5.74, 6) is -0.132. The summed E-state index contributed by atoms with van der Waals surface area (Å²) < 4.78 is 46.3. The van der Waals surface area contributed by atoms with Gasteiger partial charge in [-0.1, -0.05) is 11.6 Å². The van der Waals surface area contributed by atoms with Gasteiger partial charge in [-0.3, -0.25) is 9.48 Å². The predicted molar refractivity (Wildman–Crippen MR) is 117 cm³/mol. The lowest BCUT2D eigenvalue weighted by Gasteiger charge is -2.20. The third kappa shape index (κ3) is 5.35. The van der Waals surface area contributed by atoms with Crippen LogP contribution >= 0.6 is 0 Å². The van der Waals surface area contributed by atoms with Gasteiger partial charge in [0.25, 0.3) is 5.91 Å². The van der Waals surface area contributed by atoms with Crippen LogP contribution in [0.2, 0.25) is 0 Å². The lowest BCUT2D eigenvalue weighted by atomic mass is 10.1. The van der Waals surface area contributed by atoms with Crippen molar-refractivity contribution in [2.45, 2.75) is 51.7 Å². The van der Waals surface area contributed by atoms with Crippen molar-refractivity contribution in [1.82, 2.24) is 24.9 Å². The Hall–Kier alpha value is -3.08. The number of nitrogens with one attached hydrogen (secondary N) is 1. The number of ether oxygens (including phenoxy) is 1. The fraction of sp³-hybridized carbons (Fsp3) is 0.522. The van der Waals surface area contributed by atoms with E-state index in [9.17, 15) is 22.8 Å². The van der Waals surface area contributed by atoms with Gasteiger partial charge in [0.15, 0.2) is 5.69 Å². The molecule has 11 heteroatoms. The monoisotopic (exact) mass is 479 g/mol. The second kappa shape index (κ2) is 9.65. The number of benzene rings is 1. The molecule has 0 saturated carbocycles. The Morgan fingerprint density at radius 2 is 1.94 bits per heavy atom. The highest BCUT2D eigenvalue weighted by atomic mass is 19.4. The molecular formula is C23H28F3N5O3. The molecule has 1 aromatic heterocycles. The number of carbonyl (C=O) groups excluding carboxylic acids is 2. The molecule has 1 aromatic carbocycles. The molecule has 2 aromatic rings.